The summed E-state index contributed by atoms with van der Waals surface area (Å²) in [6.07, 6.45) is 32.8. The largest absolute Gasteiger partial charge is 0.300 e. The molecule has 0 saturated heterocycles. The van der Waals surface area contributed by atoms with Crippen LogP contribution in [0.5, 0.6) is 0 Å². The van der Waals surface area contributed by atoms with Gasteiger partial charge in [0.2, 0.25) is 0 Å². The molecule has 0 atom stereocenters. The average Bonchev–Trinajstić information content (AvgIpc) is 2.56. The number of carbonyl (C=O) groups excluding carboxylic acids is 1. The monoisotopic (exact) mass is 328 g/mol. The summed E-state index contributed by atoms with van der Waals surface area (Å²) >= 11 is 0. The van der Waals surface area contributed by atoms with Crippen LogP contribution in [0.15, 0.2) is 60.8 Å². The minimum absolute atomic E-state index is 0.261. The molecule has 0 aromatic heterocycles. The highest BCUT2D eigenvalue weighted by atomic mass is 16.1. The molecular formula is C23H36O. The van der Waals surface area contributed by atoms with E-state index in [2.05, 4.69) is 67.7 Å². The second kappa shape index (κ2) is 19.4. The van der Waals surface area contributed by atoms with Gasteiger partial charge >= 0.3 is 0 Å². The standard InChI is InChI=1S/C23H36O/c1-3-4-5-6-7-8-9-10-11-12-13-14-15-16-17-18-19-20-21-22-23(2)24/h7-8,10-11,13-14,16-17,19-20H,3-6,9,12,15,18,21-22H2,1-2H3/b8-7-,11-10-,14-13-,17-16-,20-19-. The Morgan fingerprint density at radius 1 is 0.625 bits per heavy atom. The number of ketones is 1. The molecule has 0 aliphatic rings. The summed E-state index contributed by atoms with van der Waals surface area (Å²) in [6, 6.07) is 0. The Balaban J connectivity index is 3.46. The Hall–Kier alpha value is -1.63. The fraction of sp³-hybridized carbons (Fsp3) is 0.522. The van der Waals surface area contributed by atoms with E-state index >= 15 is 0 Å². The van der Waals surface area contributed by atoms with Gasteiger partial charge in [-0.25, -0.2) is 0 Å². The van der Waals surface area contributed by atoms with E-state index in [-0.39, 0.29) is 5.78 Å². The van der Waals surface area contributed by atoms with Crippen molar-refractivity contribution < 1.29 is 4.79 Å². The molecule has 24 heavy (non-hydrogen) atoms. The summed E-state index contributed by atoms with van der Waals surface area (Å²) in [7, 11) is 0. The van der Waals surface area contributed by atoms with Gasteiger partial charge in [-0.1, -0.05) is 80.5 Å². The maximum atomic E-state index is 10.8. The van der Waals surface area contributed by atoms with Crippen molar-refractivity contribution in [3.05, 3.63) is 60.8 Å². The lowest BCUT2D eigenvalue weighted by Gasteiger charge is -1.90. The van der Waals surface area contributed by atoms with E-state index < -0.39 is 0 Å². The molecule has 0 aliphatic heterocycles. The number of Topliss-reactive ketones (excluding diaryl/α,β-unsaturated/α-hetero) is 1. The predicted molar refractivity (Wildman–Crippen MR) is 108 cm³/mol. The summed E-state index contributed by atoms with van der Waals surface area (Å²) < 4.78 is 0. The SMILES string of the molecule is CCCCC/C=C\C/C=C\C/C=C\C/C=C\C/C=C\CCC(C)=O. The zero-order chi connectivity index (χ0) is 17.7. The van der Waals surface area contributed by atoms with Crippen molar-refractivity contribution in [3.8, 4) is 0 Å². The summed E-state index contributed by atoms with van der Waals surface area (Å²) in [4.78, 5) is 10.8. The van der Waals surface area contributed by atoms with Gasteiger partial charge in [-0.05, 0) is 51.9 Å². The minimum Gasteiger partial charge on any atom is -0.300 e. The molecule has 0 radical (unpaired) electrons. The Bertz CT molecular complexity index is 421. The Labute approximate surface area is 149 Å². The van der Waals surface area contributed by atoms with Crippen LogP contribution in [-0.4, -0.2) is 5.78 Å². The molecule has 1 heteroatoms. The fourth-order valence-corrected chi connectivity index (χ4v) is 2.12. The van der Waals surface area contributed by atoms with Crippen molar-refractivity contribution in [3.63, 3.8) is 0 Å². The molecule has 1 nitrogen and oxygen atoms in total. The second-order valence-electron chi connectivity index (χ2n) is 6.04. The molecule has 0 spiro atoms. The zero-order valence-electron chi connectivity index (χ0n) is 15.8. The predicted octanol–water partition coefficient (Wildman–Crippen LogP) is 7.28. The van der Waals surface area contributed by atoms with E-state index in [1.165, 1.54) is 25.7 Å². The zero-order valence-corrected chi connectivity index (χ0v) is 15.8. The Morgan fingerprint density at radius 2 is 1.04 bits per heavy atom. The van der Waals surface area contributed by atoms with Crippen LogP contribution in [0.25, 0.3) is 0 Å². The number of rotatable bonds is 15. The van der Waals surface area contributed by atoms with Gasteiger partial charge in [0.25, 0.3) is 0 Å². The van der Waals surface area contributed by atoms with Gasteiger partial charge in [0.1, 0.15) is 5.78 Å². The second-order valence-corrected chi connectivity index (χ2v) is 6.04. The van der Waals surface area contributed by atoms with Crippen LogP contribution < -0.4 is 0 Å². The number of hydrogen-bond acceptors (Lipinski definition) is 1. The minimum atomic E-state index is 0.261. The van der Waals surface area contributed by atoms with Gasteiger partial charge in [-0.3, -0.25) is 0 Å². The van der Waals surface area contributed by atoms with Crippen molar-refractivity contribution in [1.82, 2.24) is 0 Å². The van der Waals surface area contributed by atoms with Crippen molar-refractivity contribution in [2.24, 2.45) is 0 Å². The molecule has 0 bridgehead atoms. The molecule has 0 aliphatic carbocycles. The number of allylic oxidation sites excluding steroid dienone is 10. The molecule has 134 valence electrons. The molecule has 0 saturated carbocycles. The van der Waals surface area contributed by atoms with Gasteiger partial charge in [0.05, 0.1) is 0 Å². The van der Waals surface area contributed by atoms with Crippen LogP contribution in [-0.2, 0) is 4.79 Å². The van der Waals surface area contributed by atoms with Crippen molar-refractivity contribution >= 4 is 5.78 Å². The lowest BCUT2D eigenvalue weighted by Crippen LogP contribution is -1.85. The van der Waals surface area contributed by atoms with E-state index in [0.717, 1.165) is 32.1 Å². The first kappa shape index (κ1) is 22.4. The molecule has 0 amide bonds. The third-order valence-corrected chi connectivity index (χ3v) is 3.56. The van der Waals surface area contributed by atoms with Gasteiger partial charge in [0.15, 0.2) is 0 Å². The molecule has 0 rings (SSSR count). The van der Waals surface area contributed by atoms with E-state index in [9.17, 15) is 4.79 Å². The van der Waals surface area contributed by atoms with Gasteiger partial charge in [-0.2, -0.15) is 0 Å². The number of hydrogen-bond donors (Lipinski definition) is 0. The van der Waals surface area contributed by atoms with Crippen molar-refractivity contribution in [2.45, 2.75) is 78.1 Å². The van der Waals surface area contributed by atoms with Gasteiger partial charge in [-0.15, -0.1) is 0 Å². The normalized spacial score (nSPS) is 12.8. The van der Waals surface area contributed by atoms with Crippen LogP contribution in [0.4, 0.5) is 0 Å². The summed E-state index contributed by atoms with van der Waals surface area (Å²) in [6.45, 7) is 3.88. The van der Waals surface area contributed by atoms with Crippen LogP contribution in [0.2, 0.25) is 0 Å². The van der Waals surface area contributed by atoms with Crippen LogP contribution in [0, 0.1) is 0 Å². The highest BCUT2D eigenvalue weighted by Crippen LogP contribution is 2.01. The quantitative estimate of drug-likeness (QED) is 0.228. The Kier molecular flexibility index (Phi) is 18.1. The third-order valence-electron chi connectivity index (χ3n) is 3.56. The Morgan fingerprint density at radius 3 is 1.46 bits per heavy atom. The molecule has 0 aromatic carbocycles. The van der Waals surface area contributed by atoms with Crippen LogP contribution in [0.1, 0.15) is 78.1 Å². The maximum Gasteiger partial charge on any atom is 0.130 e. The van der Waals surface area contributed by atoms with Crippen molar-refractivity contribution in [1.29, 1.82) is 0 Å². The average molecular weight is 329 g/mol. The van der Waals surface area contributed by atoms with Crippen LogP contribution in [0.3, 0.4) is 0 Å². The molecule has 0 heterocycles. The van der Waals surface area contributed by atoms with Gasteiger partial charge < -0.3 is 4.79 Å². The molecule has 0 unspecified atom stereocenters. The first-order valence-electron chi connectivity index (χ1n) is 9.51. The summed E-state index contributed by atoms with van der Waals surface area (Å²) in [5.41, 5.74) is 0. The topological polar surface area (TPSA) is 17.1 Å². The third kappa shape index (κ3) is 20.4. The summed E-state index contributed by atoms with van der Waals surface area (Å²) in [5, 5.41) is 0. The lowest BCUT2D eigenvalue weighted by atomic mass is 10.2. The molecule has 0 N–H and O–H groups in total. The first-order valence-corrected chi connectivity index (χ1v) is 9.51. The number of carbonyl (C=O) groups is 1. The lowest BCUT2D eigenvalue weighted by molar-refractivity contribution is -0.116. The molecule has 0 fully saturated rings. The van der Waals surface area contributed by atoms with Gasteiger partial charge in [0, 0.05) is 6.42 Å². The molecule has 0 aromatic rings. The smallest absolute Gasteiger partial charge is 0.130 e. The highest BCUT2D eigenvalue weighted by Gasteiger charge is 1.87. The molecular weight excluding hydrogens is 292 g/mol. The highest BCUT2D eigenvalue weighted by molar-refractivity contribution is 5.75. The number of unbranched alkanes of at least 4 members (excludes halogenated alkanes) is 3. The van der Waals surface area contributed by atoms with Crippen molar-refractivity contribution in [2.75, 3.05) is 0 Å². The maximum absolute atomic E-state index is 10.8. The first-order chi connectivity index (χ1) is 11.8. The fourth-order valence-electron chi connectivity index (χ4n) is 2.12. The van der Waals surface area contributed by atoms with Crippen LogP contribution >= 0.6 is 0 Å². The van der Waals surface area contributed by atoms with E-state index in [1.54, 1.807) is 6.92 Å². The van der Waals surface area contributed by atoms with E-state index in [0.29, 0.717) is 6.42 Å². The summed E-state index contributed by atoms with van der Waals surface area (Å²) in [5.74, 6) is 0.261. The van der Waals surface area contributed by atoms with E-state index in [4.69, 9.17) is 0 Å². The van der Waals surface area contributed by atoms with E-state index in [1.807, 2.05) is 0 Å².